The Morgan fingerprint density at radius 3 is 2.53 bits per heavy atom. The third-order valence-corrected chi connectivity index (χ3v) is 5.89. The number of allylic oxidation sites excluding steroid dienone is 3. The zero-order chi connectivity index (χ0) is 21.3. The van der Waals surface area contributed by atoms with Crippen molar-refractivity contribution in [3.63, 3.8) is 0 Å². The van der Waals surface area contributed by atoms with Crippen molar-refractivity contribution in [2.75, 3.05) is 13.2 Å². The molecule has 1 saturated heterocycles. The van der Waals surface area contributed by atoms with E-state index in [-0.39, 0.29) is 42.1 Å². The molecule has 1 aromatic carbocycles. The fourth-order valence-electron chi connectivity index (χ4n) is 4.73. The van der Waals surface area contributed by atoms with Gasteiger partial charge in [0.15, 0.2) is 11.5 Å². The van der Waals surface area contributed by atoms with Crippen molar-refractivity contribution >= 4 is 18.0 Å². The molecule has 0 spiro atoms. The standard InChI is InChI=1S/C24H24N2O4/c1-4-7-18-11-15(12-19(29-6-3)22(18)30-10-5-2)14-25-26-23(27)20-16-8-9-17(13-16)21(20)24(26)28/h2,4,8-9,11-12,14,16-17,20-21H,1,6-7,10,13H2,3H3/t16-,17-,20-,21+/m0/s1. The first-order chi connectivity index (χ1) is 14.6. The number of nitrogens with zero attached hydrogens (tertiary/aromatic N) is 2. The number of carbonyl (C=O) groups excluding carboxylic acids is 2. The van der Waals surface area contributed by atoms with Gasteiger partial charge < -0.3 is 9.47 Å². The van der Waals surface area contributed by atoms with E-state index in [1.807, 2.05) is 13.0 Å². The minimum absolute atomic E-state index is 0.119. The van der Waals surface area contributed by atoms with Gasteiger partial charge in [0.1, 0.15) is 6.61 Å². The number of hydrogen-bond donors (Lipinski definition) is 0. The minimum Gasteiger partial charge on any atom is -0.490 e. The molecule has 4 rings (SSSR count). The molecule has 0 unspecified atom stereocenters. The molecule has 154 valence electrons. The van der Waals surface area contributed by atoms with Gasteiger partial charge in [-0.25, -0.2) is 0 Å². The van der Waals surface area contributed by atoms with Crippen molar-refractivity contribution in [2.24, 2.45) is 28.8 Å². The topological polar surface area (TPSA) is 68.2 Å². The van der Waals surface area contributed by atoms with Crippen LogP contribution in [-0.2, 0) is 16.0 Å². The first-order valence-electron chi connectivity index (χ1n) is 10.2. The summed E-state index contributed by atoms with van der Waals surface area (Å²) >= 11 is 0. The summed E-state index contributed by atoms with van der Waals surface area (Å²) in [6, 6.07) is 3.64. The molecule has 1 aliphatic heterocycles. The van der Waals surface area contributed by atoms with E-state index in [2.05, 4.69) is 29.8 Å². The number of carbonyl (C=O) groups is 2. The molecule has 6 nitrogen and oxygen atoms in total. The first kappa shape index (κ1) is 20.0. The number of ether oxygens (including phenoxy) is 2. The van der Waals surface area contributed by atoms with Gasteiger partial charge in [0.2, 0.25) is 0 Å². The number of rotatable bonds is 8. The average molecular weight is 404 g/mol. The van der Waals surface area contributed by atoms with Crippen LogP contribution in [0.2, 0.25) is 0 Å². The Morgan fingerprint density at radius 1 is 1.23 bits per heavy atom. The molecule has 2 bridgehead atoms. The van der Waals surface area contributed by atoms with E-state index in [9.17, 15) is 9.59 Å². The number of amides is 2. The highest BCUT2D eigenvalue weighted by molar-refractivity contribution is 6.06. The Morgan fingerprint density at radius 2 is 1.93 bits per heavy atom. The molecule has 2 aliphatic carbocycles. The van der Waals surface area contributed by atoms with Crippen molar-refractivity contribution in [2.45, 2.75) is 19.8 Å². The second-order valence-electron chi connectivity index (χ2n) is 7.66. The van der Waals surface area contributed by atoms with Gasteiger partial charge in [-0.15, -0.1) is 13.0 Å². The van der Waals surface area contributed by atoms with E-state index in [1.165, 1.54) is 6.21 Å². The van der Waals surface area contributed by atoms with E-state index in [1.54, 1.807) is 12.1 Å². The summed E-state index contributed by atoms with van der Waals surface area (Å²) in [4.78, 5) is 25.6. The van der Waals surface area contributed by atoms with Gasteiger partial charge in [-0.2, -0.15) is 10.1 Å². The van der Waals surface area contributed by atoms with Crippen LogP contribution in [0, 0.1) is 36.0 Å². The summed E-state index contributed by atoms with van der Waals surface area (Å²) in [7, 11) is 0. The molecule has 2 amide bonds. The molecule has 1 aromatic rings. The molecule has 1 heterocycles. The second kappa shape index (κ2) is 8.19. The lowest BCUT2D eigenvalue weighted by molar-refractivity contribution is -0.140. The summed E-state index contributed by atoms with van der Waals surface area (Å²) in [5.74, 6) is 2.94. The van der Waals surface area contributed by atoms with Gasteiger partial charge >= 0.3 is 0 Å². The fraction of sp³-hybridized carbons (Fsp3) is 0.375. The highest BCUT2D eigenvalue weighted by atomic mass is 16.5. The van der Waals surface area contributed by atoms with Gasteiger partial charge in [-0.1, -0.05) is 24.1 Å². The normalized spacial score (nSPS) is 26.3. The van der Waals surface area contributed by atoms with Gasteiger partial charge in [0, 0.05) is 5.56 Å². The van der Waals surface area contributed by atoms with Crippen LogP contribution in [0.5, 0.6) is 11.5 Å². The van der Waals surface area contributed by atoms with Crippen LogP contribution in [-0.4, -0.2) is 36.3 Å². The van der Waals surface area contributed by atoms with E-state index in [0.717, 1.165) is 17.0 Å². The number of imide groups is 1. The van der Waals surface area contributed by atoms with Gasteiger partial charge in [-0.3, -0.25) is 9.59 Å². The molecular weight excluding hydrogens is 380 g/mol. The number of hydrogen-bond acceptors (Lipinski definition) is 5. The smallest absolute Gasteiger partial charge is 0.254 e. The molecule has 4 atom stereocenters. The van der Waals surface area contributed by atoms with Crippen LogP contribution in [0.3, 0.4) is 0 Å². The SMILES string of the molecule is C#CCOc1c(CC=C)cc(C=NN2C(=O)[C@@H]3[C@H](C2=O)[C@H]2C=C[C@H]3C2)cc1OCC. The van der Waals surface area contributed by atoms with Crippen LogP contribution in [0.4, 0.5) is 0 Å². The predicted molar refractivity (Wildman–Crippen MR) is 113 cm³/mol. The zero-order valence-corrected chi connectivity index (χ0v) is 16.9. The lowest BCUT2D eigenvalue weighted by atomic mass is 9.85. The Hall–Kier alpha value is -3.33. The predicted octanol–water partition coefficient (Wildman–Crippen LogP) is 2.97. The van der Waals surface area contributed by atoms with E-state index in [0.29, 0.717) is 30.1 Å². The van der Waals surface area contributed by atoms with Crippen molar-refractivity contribution < 1.29 is 19.1 Å². The Labute approximate surface area is 176 Å². The van der Waals surface area contributed by atoms with Gasteiger partial charge in [0.25, 0.3) is 11.8 Å². The van der Waals surface area contributed by atoms with Crippen LogP contribution in [0.25, 0.3) is 0 Å². The summed E-state index contributed by atoms with van der Waals surface area (Å²) in [5.41, 5.74) is 1.54. The summed E-state index contributed by atoms with van der Waals surface area (Å²) in [5, 5.41) is 5.30. The van der Waals surface area contributed by atoms with Crippen molar-refractivity contribution in [1.82, 2.24) is 5.01 Å². The minimum atomic E-state index is -0.264. The first-order valence-corrected chi connectivity index (χ1v) is 10.2. The van der Waals surface area contributed by atoms with E-state index < -0.39 is 0 Å². The molecular formula is C24H24N2O4. The highest BCUT2D eigenvalue weighted by Crippen LogP contribution is 2.52. The largest absolute Gasteiger partial charge is 0.490 e. The van der Waals surface area contributed by atoms with E-state index >= 15 is 0 Å². The lowest BCUT2D eigenvalue weighted by Crippen LogP contribution is -2.28. The average Bonchev–Trinajstić information content (AvgIpc) is 3.41. The summed E-state index contributed by atoms with van der Waals surface area (Å²) in [6.07, 6.45) is 14.2. The van der Waals surface area contributed by atoms with Crippen LogP contribution >= 0.6 is 0 Å². The van der Waals surface area contributed by atoms with E-state index in [4.69, 9.17) is 15.9 Å². The number of fused-ring (bicyclic) bond motifs is 5. The molecule has 0 radical (unpaired) electrons. The maximum atomic E-state index is 12.8. The Balaban J connectivity index is 1.62. The monoisotopic (exact) mass is 404 g/mol. The number of terminal acetylenes is 1. The summed E-state index contributed by atoms with van der Waals surface area (Å²) in [6.45, 7) is 6.23. The number of hydrazone groups is 1. The van der Waals surface area contributed by atoms with Crippen LogP contribution in [0.15, 0.2) is 42.0 Å². The summed E-state index contributed by atoms with van der Waals surface area (Å²) < 4.78 is 11.4. The zero-order valence-electron chi connectivity index (χ0n) is 16.9. The maximum absolute atomic E-state index is 12.8. The lowest BCUT2D eigenvalue weighted by Gasteiger charge is -2.16. The molecule has 30 heavy (non-hydrogen) atoms. The molecule has 0 N–H and O–H groups in total. The van der Waals surface area contributed by atoms with Gasteiger partial charge in [0.05, 0.1) is 24.7 Å². The molecule has 3 aliphatic rings. The molecule has 1 saturated carbocycles. The van der Waals surface area contributed by atoms with Crippen molar-refractivity contribution in [1.29, 1.82) is 0 Å². The third-order valence-electron chi connectivity index (χ3n) is 5.89. The molecule has 6 heteroatoms. The van der Waals surface area contributed by atoms with Crippen LogP contribution < -0.4 is 9.47 Å². The Kier molecular flexibility index (Phi) is 5.45. The van der Waals surface area contributed by atoms with Crippen LogP contribution in [0.1, 0.15) is 24.5 Å². The molecule has 0 aromatic heterocycles. The fourth-order valence-corrected chi connectivity index (χ4v) is 4.73. The second-order valence-corrected chi connectivity index (χ2v) is 7.66. The highest BCUT2D eigenvalue weighted by Gasteiger charge is 2.59. The van der Waals surface area contributed by atoms with Crippen molar-refractivity contribution in [3.05, 3.63) is 48.1 Å². The molecule has 2 fully saturated rings. The Bertz CT molecular complexity index is 958. The maximum Gasteiger partial charge on any atom is 0.254 e. The quantitative estimate of drug-likeness (QED) is 0.289. The van der Waals surface area contributed by atoms with Gasteiger partial charge in [-0.05, 0) is 49.3 Å². The third kappa shape index (κ3) is 3.30. The number of benzene rings is 1. The van der Waals surface area contributed by atoms with Crippen molar-refractivity contribution in [3.8, 4) is 23.8 Å².